The Morgan fingerprint density at radius 2 is 2.00 bits per heavy atom. The molecule has 4 nitrogen and oxygen atoms in total. The second kappa shape index (κ2) is 4.77. The van der Waals surface area contributed by atoms with E-state index in [-0.39, 0.29) is 0 Å². The Hall–Kier alpha value is -1.89. The van der Waals surface area contributed by atoms with Gasteiger partial charge in [-0.1, -0.05) is 0 Å². The molecule has 2 aromatic rings. The molecule has 0 amide bonds. The lowest BCUT2D eigenvalue weighted by Crippen LogP contribution is -2.10. The van der Waals surface area contributed by atoms with Crippen molar-refractivity contribution in [1.29, 1.82) is 0 Å². The Bertz CT molecular complexity index is 516. The van der Waals surface area contributed by atoms with E-state index in [0.717, 1.165) is 11.8 Å². The van der Waals surface area contributed by atoms with Crippen LogP contribution in [0, 0.1) is 0 Å². The third-order valence-corrected chi connectivity index (χ3v) is 2.43. The molecule has 0 aliphatic carbocycles. The second-order valence-corrected chi connectivity index (χ2v) is 3.69. The highest BCUT2D eigenvalue weighted by Gasteiger charge is 2.32. The third kappa shape index (κ3) is 2.51. The van der Waals surface area contributed by atoms with Crippen LogP contribution in [-0.2, 0) is 12.6 Å². The lowest BCUT2D eigenvalue weighted by molar-refractivity contribution is -0.141. The zero-order valence-corrected chi connectivity index (χ0v) is 9.35. The summed E-state index contributed by atoms with van der Waals surface area (Å²) in [6.45, 7) is 0.444. The summed E-state index contributed by atoms with van der Waals surface area (Å²) in [4.78, 5) is 7.35. The van der Waals surface area contributed by atoms with E-state index >= 15 is 0 Å². The Morgan fingerprint density at radius 3 is 2.56 bits per heavy atom. The molecule has 0 atom stereocenters. The lowest BCUT2D eigenvalue weighted by Gasteiger charge is -2.09. The van der Waals surface area contributed by atoms with Crippen LogP contribution < -0.4 is 5.73 Å². The topological polar surface area (TPSA) is 56.7 Å². The Labute approximate surface area is 101 Å². The van der Waals surface area contributed by atoms with Crippen molar-refractivity contribution in [3.8, 4) is 5.69 Å². The number of imidazole rings is 1. The van der Waals surface area contributed by atoms with Crippen LogP contribution in [0.3, 0.4) is 0 Å². The molecule has 0 saturated heterocycles. The van der Waals surface area contributed by atoms with Gasteiger partial charge in [-0.25, -0.2) is 9.97 Å². The van der Waals surface area contributed by atoms with Crippen molar-refractivity contribution in [3.05, 3.63) is 42.2 Å². The summed E-state index contributed by atoms with van der Waals surface area (Å²) in [5, 5.41) is 0. The van der Waals surface area contributed by atoms with Crippen LogP contribution in [-0.4, -0.2) is 21.1 Å². The van der Waals surface area contributed by atoms with Gasteiger partial charge in [0.2, 0.25) is 0 Å². The smallest absolute Gasteiger partial charge is 0.330 e. The van der Waals surface area contributed by atoms with Crippen LogP contribution in [0.5, 0.6) is 0 Å². The minimum atomic E-state index is -4.42. The molecule has 0 radical (unpaired) electrons. The van der Waals surface area contributed by atoms with Gasteiger partial charge in [-0.2, -0.15) is 13.2 Å². The molecule has 0 saturated carbocycles. The van der Waals surface area contributed by atoms with Crippen molar-refractivity contribution < 1.29 is 13.2 Å². The van der Waals surface area contributed by atoms with Crippen molar-refractivity contribution in [2.45, 2.75) is 12.6 Å². The van der Waals surface area contributed by atoms with Crippen LogP contribution in [0.15, 0.2) is 30.9 Å². The lowest BCUT2D eigenvalue weighted by atomic mass is 10.3. The first-order chi connectivity index (χ1) is 8.52. The van der Waals surface area contributed by atoms with E-state index in [1.807, 2.05) is 0 Å². The molecule has 0 unspecified atom stereocenters. The molecule has 0 bridgehead atoms. The summed E-state index contributed by atoms with van der Waals surface area (Å²) in [6, 6.07) is 2.30. The summed E-state index contributed by atoms with van der Waals surface area (Å²) in [5.41, 5.74) is 5.90. The number of rotatable bonds is 3. The van der Waals surface area contributed by atoms with E-state index in [4.69, 9.17) is 5.73 Å². The Morgan fingerprint density at radius 1 is 1.22 bits per heavy atom. The van der Waals surface area contributed by atoms with Gasteiger partial charge in [0, 0.05) is 18.3 Å². The maximum Gasteiger partial charge on any atom is 0.433 e. The molecule has 2 aromatic heterocycles. The zero-order valence-electron chi connectivity index (χ0n) is 9.35. The molecule has 0 aliphatic heterocycles. The van der Waals surface area contributed by atoms with Crippen LogP contribution in [0.25, 0.3) is 5.69 Å². The van der Waals surface area contributed by atoms with Crippen molar-refractivity contribution >= 4 is 0 Å². The van der Waals surface area contributed by atoms with Gasteiger partial charge < -0.3 is 10.3 Å². The van der Waals surface area contributed by atoms with Gasteiger partial charge in [0.25, 0.3) is 0 Å². The largest absolute Gasteiger partial charge is 0.433 e. The third-order valence-electron chi connectivity index (χ3n) is 2.43. The number of pyridine rings is 1. The monoisotopic (exact) mass is 256 g/mol. The number of aromatic nitrogens is 3. The van der Waals surface area contributed by atoms with Gasteiger partial charge in [0.1, 0.15) is 5.69 Å². The summed E-state index contributed by atoms with van der Waals surface area (Å²) < 4.78 is 38.8. The Balaban J connectivity index is 2.32. The minimum absolute atomic E-state index is 0.444. The fourth-order valence-electron chi connectivity index (χ4n) is 1.58. The van der Waals surface area contributed by atoms with Crippen LogP contribution in [0.2, 0.25) is 0 Å². The molecule has 18 heavy (non-hydrogen) atoms. The van der Waals surface area contributed by atoms with E-state index in [1.165, 1.54) is 18.6 Å². The van der Waals surface area contributed by atoms with Gasteiger partial charge in [-0.3, -0.25) is 0 Å². The highest BCUT2D eigenvalue weighted by Crippen LogP contribution is 2.27. The molecular weight excluding hydrogens is 245 g/mol. The predicted octanol–water partition coefficient (Wildman–Crippen LogP) is 1.79. The molecule has 7 heteroatoms. The van der Waals surface area contributed by atoms with Gasteiger partial charge in [-0.15, -0.1) is 0 Å². The number of alkyl halides is 3. The van der Waals surface area contributed by atoms with E-state index in [1.54, 1.807) is 10.8 Å². The molecule has 0 aliphatic rings. The standard InChI is InChI=1S/C11H11F3N4/c12-11(13,14)10-2-1-8(6-17-10)18-7-16-5-9(18)3-4-15/h1-2,5-7H,3-4,15H2. The molecule has 0 spiro atoms. The van der Waals surface area contributed by atoms with Crippen LogP contribution in [0.4, 0.5) is 13.2 Å². The fourth-order valence-corrected chi connectivity index (χ4v) is 1.58. The summed E-state index contributed by atoms with van der Waals surface area (Å²) in [5.74, 6) is 0. The zero-order chi connectivity index (χ0) is 13.2. The number of nitrogens with two attached hydrogens (primary N) is 1. The van der Waals surface area contributed by atoms with Crippen molar-refractivity contribution in [3.63, 3.8) is 0 Å². The second-order valence-electron chi connectivity index (χ2n) is 3.69. The summed E-state index contributed by atoms with van der Waals surface area (Å²) in [7, 11) is 0. The maximum atomic E-state index is 12.4. The molecular formula is C11H11F3N4. The fraction of sp³-hybridized carbons (Fsp3) is 0.273. The number of hydrogen-bond acceptors (Lipinski definition) is 3. The van der Waals surface area contributed by atoms with Gasteiger partial charge in [0.15, 0.2) is 0 Å². The first kappa shape index (κ1) is 12.6. The van der Waals surface area contributed by atoms with Crippen molar-refractivity contribution in [1.82, 2.24) is 14.5 Å². The number of nitrogens with zero attached hydrogens (tertiary/aromatic N) is 3. The van der Waals surface area contributed by atoms with E-state index < -0.39 is 11.9 Å². The quantitative estimate of drug-likeness (QED) is 0.910. The first-order valence-corrected chi connectivity index (χ1v) is 5.27. The molecule has 96 valence electrons. The molecule has 2 heterocycles. The van der Waals surface area contributed by atoms with E-state index in [9.17, 15) is 13.2 Å². The van der Waals surface area contributed by atoms with Crippen molar-refractivity contribution in [2.75, 3.05) is 6.54 Å². The normalized spacial score (nSPS) is 11.8. The average Bonchev–Trinajstić information content (AvgIpc) is 2.77. The SMILES string of the molecule is NCCc1cncn1-c1ccc(C(F)(F)F)nc1. The van der Waals surface area contributed by atoms with Crippen molar-refractivity contribution in [2.24, 2.45) is 5.73 Å². The molecule has 2 N–H and O–H groups in total. The number of halogens is 3. The molecule has 0 fully saturated rings. The predicted molar refractivity (Wildman–Crippen MR) is 59.1 cm³/mol. The minimum Gasteiger partial charge on any atom is -0.330 e. The van der Waals surface area contributed by atoms with Gasteiger partial charge >= 0.3 is 6.18 Å². The van der Waals surface area contributed by atoms with Crippen LogP contribution >= 0.6 is 0 Å². The maximum absolute atomic E-state index is 12.4. The van der Waals surface area contributed by atoms with Gasteiger partial charge in [0.05, 0.1) is 18.2 Å². The van der Waals surface area contributed by atoms with E-state index in [2.05, 4.69) is 9.97 Å². The average molecular weight is 256 g/mol. The van der Waals surface area contributed by atoms with Crippen LogP contribution in [0.1, 0.15) is 11.4 Å². The summed E-state index contributed by atoms with van der Waals surface area (Å²) >= 11 is 0. The highest BCUT2D eigenvalue weighted by molar-refractivity contribution is 5.32. The molecule has 2 rings (SSSR count). The molecule has 0 aromatic carbocycles. The highest BCUT2D eigenvalue weighted by atomic mass is 19.4. The number of hydrogen-bond donors (Lipinski definition) is 1. The van der Waals surface area contributed by atoms with Gasteiger partial charge in [-0.05, 0) is 18.7 Å². The first-order valence-electron chi connectivity index (χ1n) is 5.27. The van der Waals surface area contributed by atoms with E-state index in [0.29, 0.717) is 18.7 Å². The Kier molecular flexibility index (Phi) is 3.33. The summed E-state index contributed by atoms with van der Waals surface area (Å²) in [6.07, 6.45) is 0.499.